The largest absolute Gasteiger partial charge is 0.478 e. The number of rotatable bonds is 4. The molecule has 0 aliphatic heterocycles. The molecule has 5 nitrogen and oxygen atoms in total. The molecule has 0 saturated heterocycles. The fourth-order valence-corrected chi connectivity index (χ4v) is 4.85. The molecule has 8 heteroatoms. The van der Waals surface area contributed by atoms with Gasteiger partial charge in [0.05, 0.1) is 15.6 Å². The van der Waals surface area contributed by atoms with Crippen LogP contribution in [0.1, 0.15) is 36.0 Å². The van der Waals surface area contributed by atoms with E-state index in [-0.39, 0.29) is 26.5 Å². The maximum atomic E-state index is 12.6. The summed E-state index contributed by atoms with van der Waals surface area (Å²) in [4.78, 5) is 10.9. The summed E-state index contributed by atoms with van der Waals surface area (Å²) in [5.41, 5.74) is -0.390. The zero-order chi connectivity index (χ0) is 15.8. The number of carboxylic acid groups (broad SMARTS) is 1. The SMILES string of the molecule is CN(C1CCCC1)S(=O)(=O)c1ccc(Cl)c(C(=O)O)c1Cl. The van der Waals surface area contributed by atoms with Gasteiger partial charge in [0.1, 0.15) is 4.90 Å². The second kappa shape index (κ2) is 6.12. The van der Waals surface area contributed by atoms with Crippen molar-refractivity contribution >= 4 is 39.2 Å². The molecule has 2 rings (SSSR count). The Bertz CT molecular complexity index is 669. The van der Waals surface area contributed by atoms with Gasteiger partial charge < -0.3 is 5.11 Å². The number of benzene rings is 1. The molecule has 1 aromatic carbocycles. The Hall–Kier alpha value is -0.820. The summed E-state index contributed by atoms with van der Waals surface area (Å²) in [7, 11) is -2.35. The van der Waals surface area contributed by atoms with Crippen LogP contribution in [0.4, 0.5) is 0 Å². The summed E-state index contributed by atoms with van der Waals surface area (Å²) in [6, 6.07) is 2.42. The molecule has 0 bridgehead atoms. The molecule has 0 atom stereocenters. The molecule has 0 radical (unpaired) electrons. The molecule has 0 amide bonds. The van der Waals surface area contributed by atoms with Crippen molar-refractivity contribution in [1.82, 2.24) is 4.31 Å². The van der Waals surface area contributed by atoms with Crippen LogP contribution < -0.4 is 0 Å². The molecule has 0 heterocycles. The predicted octanol–water partition coefficient (Wildman–Crippen LogP) is 3.25. The molecule has 1 aliphatic rings. The molecule has 1 fully saturated rings. The Kier molecular flexibility index (Phi) is 4.82. The molecule has 0 unspecified atom stereocenters. The van der Waals surface area contributed by atoms with E-state index >= 15 is 0 Å². The van der Waals surface area contributed by atoms with Gasteiger partial charge in [0, 0.05) is 13.1 Å². The van der Waals surface area contributed by atoms with Crippen molar-refractivity contribution in [3.63, 3.8) is 0 Å². The van der Waals surface area contributed by atoms with E-state index in [0.29, 0.717) is 0 Å². The first-order valence-corrected chi connectivity index (χ1v) is 8.65. The molecule has 1 aliphatic carbocycles. The van der Waals surface area contributed by atoms with E-state index in [2.05, 4.69) is 0 Å². The smallest absolute Gasteiger partial charge is 0.338 e. The first-order valence-electron chi connectivity index (χ1n) is 6.46. The standard InChI is InChI=1S/C13H15Cl2NO4S/c1-16(8-4-2-3-5-8)21(19,20)10-7-6-9(14)11(12(10)15)13(17)18/h6-8H,2-5H2,1H3,(H,17,18). The number of halogens is 2. The third-order valence-electron chi connectivity index (χ3n) is 3.77. The molecule has 1 N–H and O–H groups in total. The number of aromatic carboxylic acids is 1. The van der Waals surface area contributed by atoms with E-state index in [0.717, 1.165) is 25.7 Å². The molecule has 1 aromatic rings. The number of sulfonamides is 1. The third kappa shape index (κ3) is 3.04. The lowest BCUT2D eigenvalue weighted by molar-refractivity contribution is 0.0697. The van der Waals surface area contributed by atoms with Crippen LogP contribution in [-0.2, 0) is 10.0 Å². The molecular formula is C13H15Cl2NO4S. The van der Waals surface area contributed by atoms with Gasteiger partial charge in [-0.3, -0.25) is 0 Å². The summed E-state index contributed by atoms with van der Waals surface area (Å²) < 4.78 is 26.5. The van der Waals surface area contributed by atoms with Gasteiger partial charge in [-0.1, -0.05) is 36.0 Å². The second-order valence-corrected chi connectivity index (χ2v) is 7.75. The van der Waals surface area contributed by atoms with Gasteiger partial charge in [-0.15, -0.1) is 0 Å². The van der Waals surface area contributed by atoms with Crippen LogP contribution in [0.25, 0.3) is 0 Å². The highest BCUT2D eigenvalue weighted by atomic mass is 35.5. The first-order chi connectivity index (χ1) is 9.76. The van der Waals surface area contributed by atoms with E-state index in [4.69, 9.17) is 28.3 Å². The van der Waals surface area contributed by atoms with Crippen LogP contribution in [-0.4, -0.2) is 36.9 Å². The Morgan fingerprint density at radius 3 is 2.38 bits per heavy atom. The molecule has 0 spiro atoms. The highest BCUT2D eigenvalue weighted by Gasteiger charge is 2.33. The molecule has 0 aromatic heterocycles. The minimum Gasteiger partial charge on any atom is -0.478 e. The topological polar surface area (TPSA) is 74.7 Å². The monoisotopic (exact) mass is 351 g/mol. The Morgan fingerprint density at radius 2 is 1.86 bits per heavy atom. The number of hydrogen-bond acceptors (Lipinski definition) is 3. The van der Waals surface area contributed by atoms with Crippen molar-refractivity contribution in [2.75, 3.05) is 7.05 Å². The fraction of sp³-hybridized carbons (Fsp3) is 0.462. The van der Waals surface area contributed by atoms with Crippen molar-refractivity contribution in [2.24, 2.45) is 0 Å². The van der Waals surface area contributed by atoms with Gasteiger partial charge in [-0.2, -0.15) is 4.31 Å². The van der Waals surface area contributed by atoms with E-state index in [9.17, 15) is 13.2 Å². The lowest BCUT2D eigenvalue weighted by Gasteiger charge is -2.24. The number of nitrogens with zero attached hydrogens (tertiary/aromatic N) is 1. The van der Waals surface area contributed by atoms with Crippen molar-refractivity contribution < 1.29 is 18.3 Å². The molecule has 21 heavy (non-hydrogen) atoms. The summed E-state index contributed by atoms with van der Waals surface area (Å²) in [6.07, 6.45) is 3.57. The summed E-state index contributed by atoms with van der Waals surface area (Å²) in [6.45, 7) is 0. The first kappa shape index (κ1) is 16.5. The Balaban J connectivity index is 2.50. The van der Waals surface area contributed by atoms with Gasteiger partial charge in [0.2, 0.25) is 10.0 Å². The lowest BCUT2D eigenvalue weighted by Crippen LogP contribution is -2.35. The third-order valence-corrected chi connectivity index (χ3v) is 6.54. The molecule has 1 saturated carbocycles. The number of carbonyl (C=O) groups is 1. The van der Waals surface area contributed by atoms with Gasteiger partial charge in [-0.05, 0) is 25.0 Å². The highest BCUT2D eigenvalue weighted by molar-refractivity contribution is 7.89. The van der Waals surface area contributed by atoms with Gasteiger partial charge in [-0.25, -0.2) is 13.2 Å². The van der Waals surface area contributed by atoms with E-state index in [1.807, 2.05) is 0 Å². The van der Waals surface area contributed by atoms with Gasteiger partial charge >= 0.3 is 5.97 Å². The molecule has 116 valence electrons. The van der Waals surface area contributed by atoms with Gasteiger partial charge in [0.15, 0.2) is 0 Å². The van der Waals surface area contributed by atoms with Gasteiger partial charge in [0.25, 0.3) is 0 Å². The van der Waals surface area contributed by atoms with Crippen LogP contribution in [0.15, 0.2) is 17.0 Å². The Labute approximate surface area is 133 Å². The zero-order valence-corrected chi connectivity index (χ0v) is 13.7. The number of carboxylic acids is 1. The van der Waals surface area contributed by atoms with Crippen molar-refractivity contribution in [3.05, 3.63) is 27.7 Å². The minimum absolute atomic E-state index is 0.0741. The maximum absolute atomic E-state index is 12.6. The quantitative estimate of drug-likeness (QED) is 0.903. The Morgan fingerprint density at radius 1 is 1.29 bits per heavy atom. The van der Waals surface area contributed by atoms with Crippen LogP contribution in [0.3, 0.4) is 0 Å². The highest BCUT2D eigenvalue weighted by Crippen LogP contribution is 2.34. The number of hydrogen-bond donors (Lipinski definition) is 1. The van der Waals surface area contributed by atoms with Crippen LogP contribution in [0.2, 0.25) is 10.0 Å². The fourth-order valence-electron chi connectivity index (χ4n) is 2.55. The second-order valence-electron chi connectivity index (χ2n) is 5.00. The summed E-state index contributed by atoms with van der Waals surface area (Å²) >= 11 is 11.8. The van der Waals surface area contributed by atoms with Crippen LogP contribution in [0, 0.1) is 0 Å². The summed E-state index contributed by atoms with van der Waals surface area (Å²) in [5.74, 6) is -1.36. The molecular weight excluding hydrogens is 337 g/mol. The maximum Gasteiger partial charge on any atom is 0.338 e. The van der Waals surface area contributed by atoms with E-state index < -0.39 is 16.0 Å². The minimum atomic E-state index is -3.85. The van der Waals surface area contributed by atoms with Crippen molar-refractivity contribution in [2.45, 2.75) is 36.6 Å². The van der Waals surface area contributed by atoms with Crippen molar-refractivity contribution in [1.29, 1.82) is 0 Å². The summed E-state index contributed by atoms with van der Waals surface area (Å²) in [5, 5.41) is 8.67. The predicted molar refractivity (Wildman–Crippen MR) is 80.6 cm³/mol. The lowest BCUT2D eigenvalue weighted by atomic mass is 10.2. The normalized spacial score (nSPS) is 16.6. The average molecular weight is 352 g/mol. The average Bonchev–Trinajstić information content (AvgIpc) is 2.90. The van der Waals surface area contributed by atoms with Crippen molar-refractivity contribution in [3.8, 4) is 0 Å². The van der Waals surface area contributed by atoms with Crippen LogP contribution >= 0.6 is 23.2 Å². The van der Waals surface area contributed by atoms with E-state index in [1.54, 1.807) is 0 Å². The van der Waals surface area contributed by atoms with Crippen LogP contribution in [0.5, 0.6) is 0 Å². The zero-order valence-electron chi connectivity index (χ0n) is 11.3. The van der Waals surface area contributed by atoms with E-state index in [1.165, 1.54) is 23.5 Å².